The molecule has 0 spiro atoms. The summed E-state index contributed by atoms with van der Waals surface area (Å²) in [7, 11) is 0. The summed E-state index contributed by atoms with van der Waals surface area (Å²) in [5.74, 6) is 0. The third-order valence-corrected chi connectivity index (χ3v) is 0.234. The molecular weight excluding hydrogens is 88.1 g/mol. The highest BCUT2D eigenvalue weighted by molar-refractivity contribution is 7.54. The van der Waals surface area contributed by atoms with Crippen molar-refractivity contribution < 1.29 is 4.21 Å². The summed E-state index contributed by atoms with van der Waals surface area (Å²) in [6.45, 7) is 0. The van der Waals surface area contributed by atoms with E-state index in [1.165, 1.54) is 6.19 Å². The summed E-state index contributed by atoms with van der Waals surface area (Å²) >= 11 is -0.0845. The lowest BCUT2D eigenvalue weighted by Gasteiger charge is -1.32. The summed E-state index contributed by atoms with van der Waals surface area (Å²) in [6.07, 6.45) is 1.29. The monoisotopic (exact) mass is 88.0 g/mol. The van der Waals surface area contributed by atoms with Crippen LogP contribution in [0, 0.1) is 11.5 Å². The van der Waals surface area contributed by atoms with E-state index in [1.807, 2.05) is 0 Å². The predicted molar refractivity (Wildman–Crippen MR) is 16.2 cm³/mol. The zero-order valence-electron chi connectivity index (χ0n) is 2.21. The van der Waals surface area contributed by atoms with E-state index in [0.29, 0.717) is 0 Å². The molecule has 0 unspecified atom stereocenters. The van der Waals surface area contributed by atoms with Crippen LogP contribution in [0.3, 0.4) is 0 Å². The van der Waals surface area contributed by atoms with Crippen LogP contribution in [-0.4, -0.2) is 4.21 Å². The standard InChI is InChI=1S/CN2OS/c2-1-3-5-4. The van der Waals surface area contributed by atoms with E-state index in [2.05, 4.69) is 4.36 Å². The fraction of sp³-hybridized carbons (Fsp3) is 0. The molecule has 0 aromatic heterocycles. The van der Waals surface area contributed by atoms with Gasteiger partial charge in [0.25, 0.3) is 0 Å². The van der Waals surface area contributed by atoms with Gasteiger partial charge in [-0.1, -0.05) is 4.36 Å². The van der Waals surface area contributed by atoms with Crippen LogP contribution in [0.4, 0.5) is 0 Å². The molecule has 0 amide bonds. The van der Waals surface area contributed by atoms with E-state index >= 15 is 0 Å². The first-order chi connectivity index (χ1) is 2.41. The zero-order chi connectivity index (χ0) is 4.12. The highest BCUT2D eigenvalue weighted by atomic mass is 32.1. The van der Waals surface area contributed by atoms with Gasteiger partial charge in [-0.05, 0) is 0 Å². The van der Waals surface area contributed by atoms with Crippen LogP contribution in [-0.2, 0) is 11.5 Å². The first-order valence-corrected chi connectivity index (χ1v) is 1.49. The summed E-state index contributed by atoms with van der Waals surface area (Å²) in [5, 5.41) is 7.43. The molecule has 0 aliphatic heterocycles. The molecule has 0 rings (SSSR count). The molecule has 0 saturated carbocycles. The minimum absolute atomic E-state index is 0.0845. The van der Waals surface area contributed by atoms with Crippen molar-refractivity contribution in [2.24, 2.45) is 4.36 Å². The van der Waals surface area contributed by atoms with E-state index < -0.39 is 0 Å². The SMILES string of the molecule is N#CN=S=O. The van der Waals surface area contributed by atoms with Crippen LogP contribution in [0.25, 0.3) is 0 Å². The van der Waals surface area contributed by atoms with Crippen molar-refractivity contribution in [3.8, 4) is 6.19 Å². The molecule has 3 nitrogen and oxygen atoms in total. The lowest BCUT2D eigenvalue weighted by atomic mass is 11.5. The Morgan fingerprint density at radius 1 is 2.00 bits per heavy atom. The Morgan fingerprint density at radius 2 is 2.60 bits per heavy atom. The van der Waals surface area contributed by atoms with E-state index in [1.54, 1.807) is 0 Å². The van der Waals surface area contributed by atoms with Gasteiger partial charge in [0.2, 0.25) is 17.7 Å². The minimum atomic E-state index is -0.0845. The van der Waals surface area contributed by atoms with Gasteiger partial charge in [-0.25, -0.2) is 0 Å². The Morgan fingerprint density at radius 3 is 2.60 bits per heavy atom. The van der Waals surface area contributed by atoms with Gasteiger partial charge in [-0.3, -0.25) is 0 Å². The number of nitriles is 1. The largest absolute Gasteiger partial charge is 0.220 e. The lowest BCUT2D eigenvalue weighted by molar-refractivity contribution is 0.698. The maximum absolute atomic E-state index is 9.06. The number of nitrogens with zero attached hydrogens (tertiary/aromatic N) is 2. The maximum atomic E-state index is 9.06. The van der Waals surface area contributed by atoms with Crippen LogP contribution in [0.15, 0.2) is 4.36 Å². The topological polar surface area (TPSA) is 53.2 Å². The smallest absolute Gasteiger partial charge is 0.190 e. The van der Waals surface area contributed by atoms with Crippen LogP contribution in [0.1, 0.15) is 0 Å². The second-order valence-corrected chi connectivity index (χ2v) is 0.597. The van der Waals surface area contributed by atoms with Crippen molar-refractivity contribution in [2.75, 3.05) is 0 Å². The van der Waals surface area contributed by atoms with E-state index in [4.69, 9.17) is 9.47 Å². The van der Waals surface area contributed by atoms with Crippen molar-refractivity contribution in [2.45, 2.75) is 0 Å². The average molecular weight is 88.1 g/mol. The molecular formula is CN2OS. The molecule has 0 aliphatic carbocycles. The average Bonchev–Trinajstić information content (AvgIpc) is 1.41. The van der Waals surface area contributed by atoms with Crippen molar-refractivity contribution >= 4 is 11.5 Å². The fourth-order valence-electron chi connectivity index (χ4n) is 0.0167. The minimum Gasteiger partial charge on any atom is -0.190 e. The van der Waals surface area contributed by atoms with E-state index in [-0.39, 0.29) is 11.5 Å². The molecule has 5 heavy (non-hydrogen) atoms. The Bertz CT molecular complexity index is 96.7. The van der Waals surface area contributed by atoms with Gasteiger partial charge in [0.05, 0.1) is 0 Å². The molecule has 0 aromatic carbocycles. The van der Waals surface area contributed by atoms with Gasteiger partial charge >= 0.3 is 0 Å². The molecule has 4 heteroatoms. The van der Waals surface area contributed by atoms with Crippen LogP contribution >= 0.6 is 0 Å². The lowest BCUT2D eigenvalue weighted by Crippen LogP contribution is -1.33. The zero-order valence-corrected chi connectivity index (χ0v) is 3.03. The van der Waals surface area contributed by atoms with E-state index in [0.717, 1.165) is 0 Å². The highest BCUT2D eigenvalue weighted by Crippen LogP contribution is 1.44. The highest BCUT2D eigenvalue weighted by Gasteiger charge is 1.45. The van der Waals surface area contributed by atoms with Crippen molar-refractivity contribution in [1.29, 1.82) is 5.26 Å². The molecule has 0 N–H and O–H groups in total. The van der Waals surface area contributed by atoms with Gasteiger partial charge < -0.3 is 0 Å². The van der Waals surface area contributed by atoms with Crippen molar-refractivity contribution in [1.82, 2.24) is 0 Å². The summed E-state index contributed by atoms with van der Waals surface area (Å²) in [5.41, 5.74) is 0. The Labute approximate surface area is 32.5 Å². The van der Waals surface area contributed by atoms with Crippen LogP contribution in [0.2, 0.25) is 0 Å². The molecule has 0 bridgehead atoms. The molecule has 0 radical (unpaired) electrons. The van der Waals surface area contributed by atoms with Crippen LogP contribution < -0.4 is 0 Å². The molecule has 0 aliphatic rings. The third-order valence-electron chi connectivity index (χ3n) is 0.0781. The third kappa shape index (κ3) is 3.31. The van der Waals surface area contributed by atoms with Gasteiger partial charge in [-0.2, -0.15) is 9.47 Å². The normalized spacial score (nSPS) is 4.60. The first kappa shape index (κ1) is 4.31. The van der Waals surface area contributed by atoms with Gasteiger partial charge in [0, 0.05) is 0 Å². The Balaban J connectivity index is 3.46. The molecule has 0 atom stereocenters. The number of rotatable bonds is 0. The summed E-state index contributed by atoms with van der Waals surface area (Å²) in [4.78, 5) is 0. The molecule has 0 aromatic rings. The van der Waals surface area contributed by atoms with E-state index in [9.17, 15) is 0 Å². The fourth-order valence-corrected chi connectivity index (χ4v) is 0.0500. The summed E-state index contributed by atoms with van der Waals surface area (Å²) in [6, 6.07) is 0. The van der Waals surface area contributed by atoms with Gasteiger partial charge in [0.1, 0.15) is 0 Å². The number of hydrogen-bond donors (Lipinski definition) is 0. The van der Waals surface area contributed by atoms with Crippen LogP contribution in [0.5, 0.6) is 0 Å². The maximum Gasteiger partial charge on any atom is 0.220 e. The molecule has 0 saturated heterocycles. The van der Waals surface area contributed by atoms with Gasteiger partial charge in [-0.15, -0.1) is 0 Å². The molecule has 26 valence electrons. The quantitative estimate of drug-likeness (QED) is 0.387. The Hall–Kier alpha value is -0.690. The van der Waals surface area contributed by atoms with Gasteiger partial charge in [0.15, 0.2) is 0 Å². The summed E-state index contributed by atoms with van der Waals surface area (Å²) < 4.78 is 11.7. The molecule has 0 fully saturated rings. The Kier molecular flexibility index (Phi) is 2.85. The van der Waals surface area contributed by atoms with Crippen molar-refractivity contribution in [3.05, 3.63) is 0 Å². The molecule has 0 heterocycles. The van der Waals surface area contributed by atoms with Crippen molar-refractivity contribution in [3.63, 3.8) is 0 Å². The second kappa shape index (κ2) is 3.31. The first-order valence-electron chi connectivity index (χ1n) is 0.796. The number of hydrogen-bond acceptors (Lipinski definition) is 3. The second-order valence-electron chi connectivity index (χ2n) is 0.266. The predicted octanol–water partition coefficient (Wildman–Crippen LogP) is -0.136.